The normalized spacial score (nSPS) is 19.4. The molecule has 0 saturated heterocycles. The van der Waals surface area contributed by atoms with Crippen molar-refractivity contribution in [3.05, 3.63) is 62.6 Å². The second kappa shape index (κ2) is 5.33. The standard InChI is InChI=1S/C18H19BrClN/c1-11-6-13(19)8-15(7-11)21-17-16-9-14(20)5-4-12(16)10-18(17,2)3/h4-9,17,21H,10H2,1-3H3. The number of rotatable bonds is 2. The topological polar surface area (TPSA) is 12.0 Å². The van der Waals surface area contributed by atoms with Crippen LogP contribution in [0.1, 0.15) is 36.6 Å². The van der Waals surface area contributed by atoms with Crippen molar-refractivity contribution in [2.75, 3.05) is 5.32 Å². The summed E-state index contributed by atoms with van der Waals surface area (Å²) in [6.45, 7) is 6.73. The Balaban J connectivity index is 1.99. The van der Waals surface area contributed by atoms with E-state index < -0.39 is 0 Å². The number of anilines is 1. The molecule has 0 spiro atoms. The molecule has 0 aromatic heterocycles. The average molecular weight is 365 g/mol. The van der Waals surface area contributed by atoms with E-state index in [1.807, 2.05) is 6.07 Å². The molecule has 0 aliphatic heterocycles. The van der Waals surface area contributed by atoms with Crippen molar-refractivity contribution in [3.63, 3.8) is 0 Å². The Labute approximate surface area is 139 Å². The smallest absolute Gasteiger partial charge is 0.0571 e. The fourth-order valence-corrected chi connectivity index (χ4v) is 4.06. The predicted molar refractivity (Wildman–Crippen MR) is 94.2 cm³/mol. The molecule has 1 N–H and O–H groups in total. The van der Waals surface area contributed by atoms with Gasteiger partial charge in [0.15, 0.2) is 0 Å². The Morgan fingerprint density at radius 2 is 1.95 bits per heavy atom. The quantitative estimate of drug-likeness (QED) is 0.674. The number of hydrogen-bond acceptors (Lipinski definition) is 1. The highest BCUT2D eigenvalue weighted by Crippen LogP contribution is 2.47. The third kappa shape index (κ3) is 2.97. The second-order valence-electron chi connectivity index (χ2n) is 6.60. The predicted octanol–water partition coefficient (Wildman–Crippen LogP) is 6.15. The van der Waals surface area contributed by atoms with Crippen molar-refractivity contribution in [1.29, 1.82) is 0 Å². The van der Waals surface area contributed by atoms with Crippen LogP contribution in [0.3, 0.4) is 0 Å². The fourth-order valence-electron chi connectivity index (χ4n) is 3.27. The Hall–Kier alpha value is -0.990. The van der Waals surface area contributed by atoms with Crippen LogP contribution in [-0.4, -0.2) is 0 Å². The van der Waals surface area contributed by atoms with Crippen LogP contribution in [0.15, 0.2) is 40.9 Å². The van der Waals surface area contributed by atoms with Gasteiger partial charge < -0.3 is 5.32 Å². The molecular weight excluding hydrogens is 346 g/mol. The van der Waals surface area contributed by atoms with Crippen molar-refractivity contribution in [2.24, 2.45) is 5.41 Å². The van der Waals surface area contributed by atoms with Gasteiger partial charge in [-0.3, -0.25) is 0 Å². The number of fused-ring (bicyclic) bond motifs is 1. The van der Waals surface area contributed by atoms with Crippen LogP contribution in [0.5, 0.6) is 0 Å². The SMILES string of the molecule is Cc1cc(Br)cc(NC2c3cc(Cl)ccc3CC2(C)C)c1. The first-order valence-corrected chi connectivity index (χ1v) is 8.34. The van der Waals surface area contributed by atoms with Crippen molar-refractivity contribution in [2.45, 2.75) is 33.2 Å². The van der Waals surface area contributed by atoms with Crippen LogP contribution in [0.4, 0.5) is 5.69 Å². The number of halogens is 2. The van der Waals surface area contributed by atoms with Gasteiger partial charge in [0.2, 0.25) is 0 Å². The van der Waals surface area contributed by atoms with E-state index in [1.54, 1.807) is 0 Å². The summed E-state index contributed by atoms with van der Waals surface area (Å²) in [6, 6.07) is 13.0. The molecule has 21 heavy (non-hydrogen) atoms. The lowest BCUT2D eigenvalue weighted by Crippen LogP contribution is -2.24. The lowest BCUT2D eigenvalue weighted by atomic mass is 9.85. The van der Waals surface area contributed by atoms with Gasteiger partial charge in [0.25, 0.3) is 0 Å². The summed E-state index contributed by atoms with van der Waals surface area (Å²) in [5.74, 6) is 0. The van der Waals surface area contributed by atoms with E-state index in [9.17, 15) is 0 Å². The van der Waals surface area contributed by atoms with Crippen LogP contribution in [0.25, 0.3) is 0 Å². The molecule has 1 aliphatic carbocycles. The first-order chi connectivity index (χ1) is 9.85. The third-order valence-corrected chi connectivity index (χ3v) is 4.89. The van der Waals surface area contributed by atoms with E-state index in [4.69, 9.17) is 11.6 Å². The largest absolute Gasteiger partial charge is 0.378 e. The molecule has 0 heterocycles. The van der Waals surface area contributed by atoms with Gasteiger partial charge >= 0.3 is 0 Å². The molecule has 1 unspecified atom stereocenters. The number of aryl methyl sites for hydroxylation is 1. The Kier molecular flexibility index (Phi) is 3.79. The molecule has 1 atom stereocenters. The maximum absolute atomic E-state index is 6.20. The van der Waals surface area contributed by atoms with E-state index in [0.717, 1.165) is 21.6 Å². The Morgan fingerprint density at radius 1 is 1.19 bits per heavy atom. The van der Waals surface area contributed by atoms with Gasteiger partial charge in [-0.15, -0.1) is 0 Å². The van der Waals surface area contributed by atoms with Gasteiger partial charge in [-0.05, 0) is 65.8 Å². The molecule has 2 aromatic rings. The zero-order valence-electron chi connectivity index (χ0n) is 12.5. The van der Waals surface area contributed by atoms with Gasteiger partial charge in [0.05, 0.1) is 6.04 Å². The second-order valence-corrected chi connectivity index (χ2v) is 7.96. The highest BCUT2D eigenvalue weighted by Gasteiger charge is 2.39. The maximum Gasteiger partial charge on any atom is 0.0571 e. The van der Waals surface area contributed by atoms with Crippen molar-refractivity contribution >= 4 is 33.2 Å². The van der Waals surface area contributed by atoms with Gasteiger partial charge in [-0.1, -0.05) is 47.4 Å². The van der Waals surface area contributed by atoms with E-state index in [-0.39, 0.29) is 11.5 Å². The van der Waals surface area contributed by atoms with Crippen LogP contribution in [-0.2, 0) is 6.42 Å². The lowest BCUT2D eigenvalue weighted by molar-refractivity contribution is 0.337. The summed E-state index contributed by atoms with van der Waals surface area (Å²) in [4.78, 5) is 0. The van der Waals surface area contributed by atoms with E-state index in [1.165, 1.54) is 16.7 Å². The molecule has 0 fully saturated rings. The Bertz CT molecular complexity index is 673. The molecule has 1 nitrogen and oxygen atoms in total. The molecule has 1 aliphatic rings. The molecule has 2 aromatic carbocycles. The summed E-state index contributed by atoms with van der Waals surface area (Å²) in [7, 11) is 0. The highest BCUT2D eigenvalue weighted by atomic mass is 79.9. The van der Waals surface area contributed by atoms with Crippen molar-refractivity contribution in [3.8, 4) is 0 Å². The van der Waals surface area contributed by atoms with Crippen molar-refractivity contribution in [1.82, 2.24) is 0 Å². The van der Waals surface area contributed by atoms with Crippen LogP contribution in [0, 0.1) is 12.3 Å². The fraction of sp³-hybridized carbons (Fsp3) is 0.333. The van der Waals surface area contributed by atoms with Crippen LogP contribution in [0.2, 0.25) is 5.02 Å². The molecular formula is C18H19BrClN. The number of benzene rings is 2. The lowest BCUT2D eigenvalue weighted by Gasteiger charge is -2.29. The summed E-state index contributed by atoms with van der Waals surface area (Å²) in [6.07, 6.45) is 1.07. The van der Waals surface area contributed by atoms with Gasteiger partial charge in [-0.25, -0.2) is 0 Å². The van der Waals surface area contributed by atoms with E-state index in [2.05, 4.69) is 72.3 Å². The molecule has 0 amide bonds. The number of hydrogen-bond donors (Lipinski definition) is 1. The van der Waals surface area contributed by atoms with E-state index in [0.29, 0.717) is 0 Å². The molecule has 3 heteroatoms. The molecule has 0 bridgehead atoms. The minimum atomic E-state index is 0.170. The Morgan fingerprint density at radius 3 is 2.67 bits per heavy atom. The summed E-state index contributed by atoms with van der Waals surface area (Å²) in [5.41, 5.74) is 5.28. The first kappa shape index (κ1) is 14.9. The van der Waals surface area contributed by atoms with Gasteiger partial charge in [-0.2, -0.15) is 0 Å². The first-order valence-electron chi connectivity index (χ1n) is 7.17. The monoisotopic (exact) mass is 363 g/mol. The average Bonchev–Trinajstić information content (AvgIpc) is 2.60. The maximum atomic E-state index is 6.20. The highest BCUT2D eigenvalue weighted by molar-refractivity contribution is 9.10. The molecule has 0 saturated carbocycles. The molecule has 0 radical (unpaired) electrons. The zero-order valence-corrected chi connectivity index (χ0v) is 14.8. The van der Waals surface area contributed by atoms with E-state index >= 15 is 0 Å². The van der Waals surface area contributed by atoms with Crippen LogP contribution < -0.4 is 5.32 Å². The molecule has 3 rings (SSSR count). The zero-order chi connectivity index (χ0) is 15.2. The summed E-state index contributed by atoms with van der Waals surface area (Å²) < 4.78 is 1.10. The van der Waals surface area contributed by atoms with Gasteiger partial charge in [0.1, 0.15) is 0 Å². The number of nitrogens with one attached hydrogen (secondary N) is 1. The molecule has 110 valence electrons. The van der Waals surface area contributed by atoms with Crippen LogP contribution >= 0.6 is 27.5 Å². The van der Waals surface area contributed by atoms with Crippen molar-refractivity contribution < 1.29 is 0 Å². The summed E-state index contributed by atoms with van der Waals surface area (Å²) >= 11 is 9.77. The summed E-state index contributed by atoms with van der Waals surface area (Å²) in [5, 5.41) is 4.52. The minimum Gasteiger partial charge on any atom is -0.378 e. The third-order valence-electron chi connectivity index (χ3n) is 4.20. The van der Waals surface area contributed by atoms with Gasteiger partial charge in [0, 0.05) is 15.2 Å². The minimum absolute atomic E-state index is 0.170.